The van der Waals surface area contributed by atoms with Crippen LogP contribution in [0.3, 0.4) is 0 Å². The van der Waals surface area contributed by atoms with Gasteiger partial charge in [-0.1, -0.05) is 41.9 Å². The van der Waals surface area contributed by atoms with Crippen molar-refractivity contribution in [2.45, 2.75) is 18.9 Å². The number of hydrogen-bond acceptors (Lipinski definition) is 2. The monoisotopic (exact) mass is 298 g/mol. The molecule has 1 N–H and O–H groups in total. The normalized spacial score (nSPS) is 20.8. The van der Waals surface area contributed by atoms with E-state index in [4.69, 9.17) is 11.6 Å². The van der Waals surface area contributed by atoms with E-state index in [-0.39, 0.29) is 0 Å². The first kappa shape index (κ1) is 13.2. The third-order valence-corrected chi connectivity index (χ3v) is 4.99. The van der Waals surface area contributed by atoms with E-state index in [0.717, 1.165) is 30.2 Å². The van der Waals surface area contributed by atoms with Gasteiger partial charge in [-0.15, -0.1) is 0 Å². The molecule has 0 saturated carbocycles. The van der Waals surface area contributed by atoms with Gasteiger partial charge in [-0.25, -0.2) is 0 Å². The first-order valence-electron chi connectivity index (χ1n) is 7.68. The molecule has 0 bridgehead atoms. The molecular formula is C18H19ClN2. The van der Waals surface area contributed by atoms with Gasteiger partial charge in [0.25, 0.3) is 0 Å². The molecule has 1 atom stereocenters. The number of benzene rings is 2. The van der Waals surface area contributed by atoms with Crippen LogP contribution in [0.1, 0.15) is 12.0 Å². The minimum Gasteiger partial charge on any atom is -0.367 e. The summed E-state index contributed by atoms with van der Waals surface area (Å²) in [5.74, 6) is 0. The van der Waals surface area contributed by atoms with Gasteiger partial charge in [0.05, 0.1) is 0 Å². The minimum absolute atomic E-state index is 0.663. The smallest absolute Gasteiger partial charge is 0.0484 e. The third-order valence-electron chi connectivity index (χ3n) is 4.66. The molecule has 4 rings (SSSR count). The Labute approximate surface area is 130 Å². The van der Waals surface area contributed by atoms with Gasteiger partial charge in [-0.3, -0.25) is 0 Å². The number of anilines is 1. The van der Waals surface area contributed by atoms with Gasteiger partial charge in [0.15, 0.2) is 0 Å². The zero-order chi connectivity index (χ0) is 14.2. The van der Waals surface area contributed by atoms with Gasteiger partial charge >= 0.3 is 0 Å². The van der Waals surface area contributed by atoms with Crippen LogP contribution in [0.2, 0.25) is 5.02 Å². The van der Waals surface area contributed by atoms with Crippen molar-refractivity contribution in [2.75, 3.05) is 24.5 Å². The third kappa shape index (κ3) is 2.33. The van der Waals surface area contributed by atoms with E-state index in [1.165, 1.54) is 29.7 Å². The molecule has 2 nitrogen and oxygen atoms in total. The molecule has 1 saturated heterocycles. The summed E-state index contributed by atoms with van der Waals surface area (Å²) in [7, 11) is 0. The highest BCUT2D eigenvalue weighted by Gasteiger charge is 2.30. The summed E-state index contributed by atoms with van der Waals surface area (Å²) in [5.41, 5.74) is 5.23. The van der Waals surface area contributed by atoms with Crippen LogP contribution >= 0.6 is 11.6 Å². The van der Waals surface area contributed by atoms with Crippen LogP contribution in [0.4, 0.5) is 5.69 Å². The molecule has 108 valence electrons. The topological polar surface area (TPSA) is 15.3 Å². The van der Waals surface area contributed by atoms with Gasteiger partial charge in [-0.2, -0.15) is 0 Å². The van der Waals surface area contributed by atoms with E-state index in [1.54, 1.807) is 0 Å². The number of hydrogen-bond donors (Lipinski definition) is 1. The van der Waals surface area contributed by atoms with Crippen LogP contribution in [0, 0.1) is 0 Å². The van der Waals surface area contributed by atoms with Gasteiger partial charge in [0.2, 0.25) is 0 Å². The summed E-state index contributed by atoms with van der Waals surface area (Å²) in [5, 5.41) is 4.32. The average molecular weight is 299 g/mol. The van der Waals surface area contributed by atoms with Crippen LogP contribution in [-0.2, 0) is 6.42 Å². The largest absolute Gasteiger partial charge is 0.367 e. The highest BCUT2D eigenvalue weighted by Crippen LogP contribution is 2.38. The molecule has 2 aromatic carbocycles. The molecule has 0 spiro atoms. The van der Waals surface area contributed by atoms with E-state index >= 15 is 0 Å². The van der Waals surface area contributed by atoms with Crippen molar-refractivity contribution < 1.29 is 0 Å². The van der Waals surface area contributed by atoms with E-state index in [0.29, 0.717) is 6.04 Å². The summed E-state index contributed by atoms with van der Waals surface area (Å²) >= 11 is 6.35. The maximum atomic E-state index is 6.35. The van der Waals surface area contributed by atoms with Crippen molar-refractivity contribution in [1.29, 1.82) is 0 Å². The number of nitrogens with zero attached hydrogens (tertiary/aromatic N) is 1. The maximum absolute atomic E-state index is 6.35. The van der Waals surface area contributed by atoms with Gasteiger partial charge in [0, 0.05) is 35.4 Å². The van der Waals surface area contributed by atoms with Crippen molar-refractivity contribution >= 4 is 17.3 Å². The molecule has 2 aliphatic rings. The Kier molecular flexibility index (Phi) is 3.36. The van der Waals surface area contributed by atoms with Gasteiger partial charge in [-0.05, 0) is 42.6 Å². The van der Waals surface area contributed by atoms with Crippen molar-refractivity contribution in [1.82, 2.24) is 5.32 Å². The van der Waals surface area contributed by atoms with E-state index in [1.807, 2.05) is 18.2 Å². The van der Waals surface area contributed by atoms with Gasteiger partial charge < -0.3 is 10.2 Å². The number of rotatable bonds is 1. The maximum Gasteiger partial charge on any atom is 0.0484 e. The lowest BCUT2D eigenvalue weighted by Gasteiger charge is -2.25. The first-order valence-corrected chi connectivity index (χ1v) is 8.06. The zero-order valence-electron chi connectivity index (χ0n) is 12.0. The van der Waals surface area contributed by atoms with Crippen LogP contribution in [0.15, 0.2) is 42.5 Å². The molecular weight excluding hydrogens is 280 g/mol. The number of nitrogens with one attached hydrogen (secondary N) is 1. The molecule has 0 amide bonds. The van der Waals surface area contributed by atoms with Gasteiger partial charge in [0.1, 0.15) is 0 Å². The fourth-order valence-corrected chi connectivity index (χ4v) is 3.83. The number of fused-ring (bicyclic) bond motifs is 3. The Balaban J connectivity index is 1.75. The van der Waals surface area contributed by atoms with Crippen LogP contribution < -0.4 is 10.2 Å². The van der Waals surface area contributed by atoms with E-state index in [9.17, 15) is 0 Å². The molecule has 2 heterocycles. The Bertz CT molecular complexity index is 668. The lowest BCUT2D eigenvalue weighted by molar-refractivity contribution is 0.612. The standard InChI is InChI=1S/C18H19ClN2/c19-17-4-2-1-3-16(17)13-5-6-14-11-15-7-8-20-9-10-21(15)18(14)12-13/h1-6,12,15,20H,7-11H2. The minimum atomic E-state index is 0.663. The van der Waals surface area contributed by atoms with Crippen molar-refractivity contribution in [3.05, 3.63) is 53.1 Å². The summed E-state index contributed by atoms with van der Waals surface area (Å²) in [6.45, 7) is 3.31. The lowest BCUT2D eigenvalue weighted by Crippen LogP contribution is -2.32. The molecule has 21 heavy (non-hydrogen) atoms. The second-order valence-corrected chi connectivity index (χ2v) is 6.32. The molecule has 0 aliphatic carbocycles. The second-order valence-electron chi connectivity index (χ2n) is 5.91. The molecule has 2 aromatic rings. The molecule has 2 aliphatic heterocycles. The first-order chi connectivity index (χ1) is 10.3. The molecule has 0 aromatic heterocycles. The predicted octanol–water partition coefficient (Wildman–Crippen LogP) is 3.73. The Hall–Kier alpha value is -1.51. The van der Waals surface area contributed by atoms with Crippen LogP contribution in [0.5, 0.6) is 0 Å². The highest BCUT2D eigenvalue weighted by molar-refractivity contribution is 6.33. The zero-order valence-corrected chi connectivity index (χ0v) is 12.7. The Morgan fingerprint density at radius 1 is 1.10 bits per heavy atom. The second kappa shape index (κ2) is 5.36. The summed E-state index contributed by atoms with van der Waals surface area (Å²) in [6, 6.07) is 15.6. The average Bonchev–Trinajstić information content (AvgIpc) is 2.68. The highest BCUT2D eigenvalue weighted by atomic mass is 35.5. The van der Waals surface area contributed by atoms with E-state index in [2.05, 4.69) is 34.5 Å². The fraction of sp³-hybridized carbons (Fsp3) is 0.333. The SMILES string of the molecule is Clc1ccccc1-c1ccc2c(c1)N1CCNCCC1C2. The van der Waals surface area contributed by atoms with Crippen molar-refractivity contribution in [3.8, 4) is 11.1 Å². The lowest BCUT2D eigenvalue weighted by atomic mass is 10.0. The molecule has 1 unspecified atom stereocenters. The Morgan fingerprint density at radius 2 is 2.00 bits per heavy atom. The van der Waals surface area contributed by atoms with Crippen LogP contribution in [-0.4, -0.2) is 25.7 Å². The molecule has 0 radical (unpaired) electrons. The van der Waals surface area contributed by atoms with Crippen molar-refractivity contribution in [3.63, 3.8) is 0 Å². The summed E-state index contributed by atoms with van der Waals surface area (Å²) in [6.07, 6.45) is 2.41. The number of halogens is 1. The molecule has 3 heteroatoms. The fourth-order valence-electron chi connectivity index (χ4n) is 3.58. The summed E-state index contributed by atoms with van der Waals surface area (Å²) in [4.78, 5) is 2.58. The Morgan fingerprint density at radius 3 is 2.90 bits per heavy atom. The predicted molar refractivity (Wildman–Crippen MR) is 89.2 cm³/mol. The van der Waals surface area contributed by atoms with Crippen molar-refractivity contribution in [2.24, 2.45) is 0 Å². The van der Waals surface area contributed by atoms with Crippen LogP contribution in [0.25, 0.3) is 11.1 Å². The summed E-state index contributed by atoms with van der Waals surface area (Å²) < 4.78 is 0. The quantitative estimate of drug-likeness (QED) is 0.863. The van der Waals surface area contributed by atoms with E-state index < -0.39 is 0 Å². The molecule has 1 fully saturated rings.